The Morgan fingerprint density at radius 1 is 0.375 bits per heavy atom. The van der Waals surface area contributed by atoms with E-state index < -0.39 is 0 Å². The number of aliphatic hydroxyl groups is 7. The van der Waals surface area contributed by atoms with Crippen molar-refractivity contribution in [1.82, 2.24) is 0 Å². The zero-order chi connectivity index (χ0) is 71.5. The molecule has 0 aromatic rings. The Morgan fingerprint density at radius 3 is 0.955 bits per heavy atom. The summed E-state index contributed by atoms with van der Waals surface area (Å²) in [6.07, 6.45) is 0.571. The molecule has 0 aromatic heterocycles. The van der Waals surface area contributed by atoms with E-state index >= 15 is 0 Å². The fourth-order valence-electron chi connectivity index (χ4n) is 4.29. The normalized spacial score (nSPS) is 13.9. The quantitative estimate of drug-likeness (QED) is 0.0190. The van der Waals surface area contributed by atoms with Gasteiger partial charge in [-0.1, -0.05) is 20.8 Å². The van der Waals surface area contributed by atoms with Crippen molar-refractivity contribution in [3.63, 3.8) is 0 Å². The maximum absolute atomic E-state index is 10.3. The fourth-order valence-corrected chi connectivity index (χ4v) is 4.29. The van der Waals surface area contributed by atoms with Gasteiger partial charge in [0.1, 0.15) is 18.8 Å². The summed E-state index contributed by atoms with van der Waals surface area (Å²) in [6, 6.07) is 0. The summed E-state index contributed by atoms with van der Waals surface area (Å²) < 4.78 is 72.6. The molecule has 544 valence electrons. The smallest absolute Gasteiger partial charge is 0.303 e. The van der Waals surface area contributed by atoms with E-state index in [4.69, 9.17) is 87.9 Å². The number of hydrogen-bond donors (Lipinski definition) is 7. The topological polar surface area (TPSA) is 331 Å². The van der Waals surface area contributed by atoms with Gasteiger partial charge in [-0.2, -0.15) is 0 Å². The highest BCUT2D eigenvalue weighted by Gasteiger charge is 2.11. The van der Waals surface area contributed by atoms with E-state index in [-0.39, 0.29) is 103 Å². The van der Waals surface area contributed by atoms with E-state index in [0.717, 1.165) is 32.5 Å². The molecule has 0 rings (SSSR count). The molecule has 0 aromatic carbocycles. The number of aliphatic hydroxyl groups excluding tert-OH is 7. The molecule has 7 N–H and O–H groups in total. The van der Waals surface area contributed by atoms with Crippen molar-refractivity contribution in [2.24, 2.45) is 0 Å². The number of rotatable bonds is 34. The SMILES string of the molecule is CC(=O)OCC(C)OC(C)=O.CC(O)COC(C)(C)C.CC(O)COC(C)C.CCC(O)COC.CCCOCC(C)O.CCOC(C)COC.CCOCC(C)O.CCOCC(O)CC.COCC(C)O.COCC(C)OC.COCC(C)OC(C)=O. The summed E-state index contributed by atoms with van der Waals surface area (Å²) in [5, 5.41) is 60.7. The Hall–Kier alpha value is -2.35. The summed E-state index contributed by atoms with van der Waals surface area (Å²) in [5.41, 5.74) is -0.128. The first-order chi connectivity index (χ1) is 40.8. The number of carbonyl (C=O) groups is 3. The van der Waals surface area contributed by atoms with Crippen LogP contribution in [0.25, 0.3) is 0 Å². The van der Waals surface area contributed by atoms with E-state index in [1.54, 1.807) is 91.1 Å². The van der Waals surface area contributed by atoms with Gasteiger partial charge < -0.3 is 107 Å². The largest absolute Gasteiger partial charge is 0.462 e. The molecule has 0 aliphatic carbocycles. The molecule has 0 bridgehead atoms. The first kappa shape index (κ1) is 110. The molecule has 0 spiro atoms. The molecule has 0 fully saturated rings. The first-order valence-corrected chi connectivity index (χ1v) is 30.6. The summed E-state index contributed by atoms with van der Waals surface area (Å²) in [4.78, 5) is 30.9. The number of hydrogen-bond acceptors (Lipinski definition) is 25. The van der Waals surface area contributed by atoms with Crippen LogP contribution in [0.1, 0.15) is 179 Å². The molecular formula is C63H142O25. The van der Waals surface area contributed by atoms with Crippen molar-refractivity contribution in [2.75, 3.05) is 142 Å². The lowest BCUT2D eigenvalue weighted by molar-refractivity contribution is -0.155. The van der Waals surface area contributed by atoms with Crippen LogP contribution in [0.4, 0.5) is 0 Å². The van der Waals surface area contributed by atoms with E-state index in [9.17, 15) is 14.4 Å². The fraction of sp³-hybridized carbons (Fsp3) is 0.952. The van der Waals surface area contributed by atoms with Crippen LogP contribution in [0, 0.1) is 0 Å². The summed E-state index contributed by atoms with van der Waals surface area (Å²) >= 11 is 0. The molecule has 0 saturated carbocycles. The van der Waals surface area contributed by atoms with E-state index in [1.165, 1.54) is 20.8 Å². The minimum atomic E-state index is -0.371. The molecule has 11 atom stereocenters. The number of ether oxygens (including phenoxy) is 15. The summed E-state index contributed by atoms with van der Waals surface area (Å²) in [7, 11) is 9.72. The molecule has 0 radical (unpaired) electrons. The number of esters is 3. The minimum absolute atomic E-state index is 0.120. The van der Waals surface area contributed by atoms with E-state index in [1.807, 2.05) is 90.0 Å². The molecule has 11 unspecified atom stereocenters. The van der Waals surface area contributed by atoms with Crippen molar-refractivity contribution in [2.45, 2.75) is 257 Å². The Kier molecular flexibility index (Phi) is 111. The number of methoxy groups -OCH3 is 6. The molecular weight excluding hydrogens is 1160 g/mol. The Morgan fingerprint density at radius 2 is 0.727 bits per heavy atom. The van der Waals surface area contributed by atoms with Gasteiger partial charge in [0, 0.05) is 89.9 Å². The third kappa shape index (κ3) is 166. The zero-order valence-corrected chi connectivity index (χ0v) is 61.1. The van der Waals surface area contributed by atoms with Gasteiger partial charge in [0.05, 0.1) is 133 Å². The average Bonchev–Trinajstić information content (AvgIpc) is 3.41. The zero-order valence-electron chi connectivity index (χ0n) is 61.1. The van der Waals surface area contributed by atoms with Gasteiger partial charge in [-0.05, 0) is 137 Å². The molecule has 0 heterocycles. The molecule has 88 heavy (non-hydrogen) atoms. The maximum atomic E-state index is 10.3. The van der Waals surface area contributed by atoms with Crippen LogP contribution in [0.5, 0.6) is 0 Å². The second-order valence-corrected chi connectivity index (χ2v) is 20.8. The highest BCUT2D eigenvalue weighted by atomic mass is 16.6. The molecule has 0 aliphatic heterocycles. The van der Waals surface area contributed by atoms with E-state index in [2.05, 4.69) is 18.9 Å². The van der Waals surface area contributed by atoms with Crippen molar-refractivity contribution >= 4 is 17.9 Å². The minimum Gasteiger partial charge on any atom is -0.462 e. The van der Waals surface area contributed by atoms with Crippen LogP contribution >= 0.6 is 0 Å². The predicted octanol–water partition coefficient (Wildman–Crippen LogP) is 7.19. The maximum Gasteiger partial charge on any atom is 0.303 e. The van der Waals surface area contributed by atoms with Gasteiger partial charge in [0.2, 0.25) is 0 Å². The first-order valence-electron chi connectivity index (χ1n) is 30.6. The van der Waals surface area contributed by atoms with Crippen LogP contribution in [-0.2, 0) is 85.4 Å². The Bertz CT molecular complexity index is 1230. The van der Waals surface area contributed by atoms with Crippen molar-refractivity contribution in [3.05, 3.63) is 0 Å². The second-order valence-electron chi connectivity index (χ2n) is 20.8. The molecule has 25 nitrogen and oxygen atoms in total. The molecule has 0 amide bonds. The van der Waals surface area contributed by atoms with Crippen molar-refractivity contribution < 1.29 is 121 Å². The number of carbonyl (C=O) groups excluding carboxylic acids is 3. The summed E-state index contributed by atoms with van der Waals surface area (Å²) in [6.45, 7) is 49.4. The van der Waals surface area contributed by atoms with Gasteiger partial charge in [-0.15, -0.1) is 0 Å². The van der Waals surface area contributed by atoms with E-state index in [0.29, 0.717) is 79.3 Å². The highest BCUT2D eigenvalue weighted by Crippen LogP contribution is 2.06. The lowest BCUT2D eigenvalue weighted by atomic mass is 10.2. The van der Waals surface area contributed by atoms with Crippen LogP contribution in [0.2, 0.25) is 0 Å². The van der Waals surface area contributed by atoms with Gasteiger partial charge in [0.15, 0.2) is 0 Å². The van der Waals surface area contributed by atoms with Gasteiger partial charge >= 0.3 is 17.9 Å². The van der Waals surface area contributed by atoms with Crippen molar-refractivity contribution in [3.8, 4) is 0 Å². The monoisotopic (exact) mass is 1300 g/mol. The third-order valence-electron chi connectivity index (χ3n) is 8.24. The molecule has 0 aliphatic rings. The lowest BCUT2D eigenvalue weighted by Gasteiger charge is -2.20. The lowest BCUT2D eigenvalue weighted by Crippen LogP contribution is -2.24. The van der Waals surface area contributed by atoms with Gasteiger partial charge in [-0.25, -0.2) is 0 Å². The van der Waals surface area contributed by atoms with Crippen LogP contribution in [0.3, 0.4) is 0 Å². The van der Waals surface area contributed by atoms with Crippen molar-refractivity contribution in [1.29, 1.82) is 0 Å². The summed E-state index contributed by atoms with van der Waals surface area (Å²) in [5.74, 6) is -1.01. The third-order valence-corrected chi connectivity index (χ3v) is 8.24. The molecule has 25 heteroatoms. The Labute approximate surface area is 536 Å². The predicted molar refractivity (Wildman–Crippen MR) is 348 cm³/mol. The molecule has 0 saturated heterocycles. The standard InChI is InChI=1S/C7H12O4.C7H16O2.C6H12O3.4C6H14O2.3C5H12O2.C4H10O2/c1-5(11-7(3)9)4-10-6(2)8;1-6(8)5-9-7(2,3)4;1-5(4-8-3)9-6(2)7;1-5(2)8-4-6(3)7;1-4-8-6(2)5-7-3;1-3-4-8-5-6(2)7;1-3-6(7)5-8-4-2;1-5(7-3)4-6-2;1-3-5(6)4-7-2;1-3-7-4-5(2)6;1-4(5)3-6-2/h5H,4H2,1-3H3;6,8H,5H2,1-4H3;5H,4H2,1-3H3;5-7H,4H2,1-3H3;6H,4-5H2,1-3H3;2*6-7H,3-5H2,1-2H3;5H,4H2,1-3H3;2*5-6H,3-4H2,1-2H3;4-5H,3H2,1-2H3. The van der Waals surface area contributed by atoms with Crippen LogP contribution < -0.4 is 0 Å². The average molecular weight is 1300 g/mol. The van der Waals surface area contributed by atoms with Gasteiger partial charge in [0.25, 0.3) is 0 Å². The van der Waals surface area contributed by atoms with Gasteiger partial charge in [-0.3, -0.25) is 14.4 Å². The van der Waals surface area contributed by atoms with Crippen LogP contribution in [-0.4, -0.2) is 274 Å². The second kappa shape index (κ2) is 88.8. The van der Waals surface area contributed by atoms with Crippen LogP contribution in [0.15, 0.2) is 0 Å². The Balaban J connectivity index is -0.0000000826. The highest BCUT2D eigenvalue weighted by molar-refractivity contribution is 5.67.